The van der Waals surface area contributed by atoms with Gasteiger partial charge in [-0.2, -0.15) is 0 Å². The number of thiophene rings is 1. The zero-order chi connectivity index (χ0) is 21.5. The lowest BCUT2D eigenvalue weighted by Crippen LogP contribution is -2.39. The van der Waals surface area contributed by atoms with Crippen LogP contribution in [-0.4, -0.2) is 36.2 Å². The minimum absolute atomic E-state index is 0.0425. The highest BCUT2D eigenvalue weighted by Gasteiger charge is 2.43. The fraction of sp³-hybridized carbons (Fsp3) is 0.333. The van der Waals surface area contributed by atoms with Gasteiger partial charge in [0.05, 0.1) is 11.3 Å². The van der Waals surface area contributed by atoms with Gasteiger partial charge in [-0.3, -0.25) is 9.59 Å². The fourth-order valence-corrected chi connectivity index (χ4v) is 4.66. The smallest absolute Gasteiger partial charge is 0.406 e. The summed E-state index contributed by atoms with van der Waals surface area (Å²) < 4.78 is 41.8. The summed E-state index contributed by atoms with van der Waals surface area (Å²) in [6.07, 6.45) is -2.92. The number of nitrogens with zero attached hydrogens (tertiary/aromatic N) is 2. The van der Waals surface area contributed by atoms with Gasteiger partial charge in [-0.05, 0) is 42.3 Å². The van der Waals surface area contributed by atoms with Crippen molar-refractivity contribution in [1.82, 2.24) is 4.90 Å². The largest absolute Gasteiger partial charge is 0.573 e. The summed E-state index contributed by atoms with van der Waals surface area (Å²) in [5, 5.41) is 1.82. The van der Waals surface area contributed by atoms with Crippen LogP contribution in [0.4, 0.5) is 18.9 Å². The number of rotatable bonds is 4. The minimum atomic E-state index is -4.87. The molecule has 0 aliphatic carbocycles. The third-order valence-electron chi connectivity index (χ3n) is 5.11. The summed E-state index contributed by atoms with van der Waals surface area (Å²) in [5.41, 5.74) is 0.656. The van der Waals surface area contributed by atoms with Crippen molar-refractivity contribution in [1.29, 1.82) is 0 Å². The van der Waals surface area contributed by atoms with Crippen molar-refractivity contribution < 1.29 is 27.5 Å². The molecule has 2 amide bonds. The van der Waals surface area contributed by atoms with E-state index in [1.54, 1.807) is 12.1 Å². The molecule has 1 fully saturated rings. The van der Waals surface area contributed by atoms with E-state index >= 15 is 0 Å². The van der Waals surface area contributed by atoms with Gasteiger partial charge in [0, 0.05) is 24.0 Å². The molecular weight excluding hydrogens is 417 g/mol. The van der Waals surface area contributed by atoms with Crippen LogP contribution in [0.15, 0.2) is 47.5 Å². The summed E-state index contributed by atoms with van der Waals surface area (Å²) in [4.78, 5) is 30.2. The van der Waals surface area contributed by atoms with Gasteiger partial charge in [-0.15, -0.1) is 24.5 Å². The number of carbonyl (C=O) groups excluding carboxylic acids is 2. The second-order valence-corrected chi connectivity index (χ2v) is 8.33. The van der Waals surface area contributed by atoms with E-state index in [4.69, 9.17) is 0 Å². The van der Waals surface area contributed by atoms with E-state index in [0.29, 0.717) is 35.2 Å². The SMILES string of the molecule is CC1CCCN(C2=C(c3cccs3)C(=O)N(c3cccc(OC(F)(F)F)c3)C2=O)C1. The lowest BCUT2D eigenvalue weighted by atomic mass is 9.99. The lowest BCUT2D eigenvalue weighted by Gasteiger charge is -2.33. The molecular formula is C21H19F3N2O3S. The van der Waals surface area contributed by atoms with E-state index in [2.05, 4.69) is 11.7 Å². The molecule has 2 aromatic rings. The Labute approximate surface area is 175 Å². The number of piperidine rings is 1. The van der Waals surface area contributed by atoms with Crippen molar-refractivity contribution >= 4 is 34.4 Å². The molecule has 1 atom stereocenters. The molecule has 30 heavy (non-hydrogen) atoms. The number of halogens is 3. The number of carbonyl (C=O) groups is 2. The highest BCUT2D eigenvalue weighted by atomic mass is 32.1. The molecule has 9 heteroatoms. The van der Waals surface area contributed by atoms with Crippen LogP contribution in [0.1, 0.15) is 24.6 Å². The zero-order valence-electron chi connectivity index (χ0n) is 16.1. The van der Waals surface area contributed by atoms with Crippen molar-refractivity contribution in [2.75, 3.05) is 18.0 Å². The monoisotopic (exact) mass is 436 g/mol. The van der Waals surface area contributed by atoms with Gasteiger partial charge in [0.25, 0.3) is 11.8 Å². The van der Waals surface area contributed by atoms with Gasteiger partial charge in [0.2, 0.25) is 0 Å². The first-order chi connectivity index (χ1) is 14.2. The van der Waals surface area contributed by atoms with Crippen molar-refractivity contribution in [3.8, 4) is 5.75 Å². The molecule has 0 spiro atoms. The number of imide groups is 1. The van der Waals surface area contributed by atoms with Crippen LogP contribution < -0.4 is 9.64 Å². The highest BCUT2D eigenvalue weighted by Crippen LogP contribution is 2.39. The molecule has 2 aliphatic rings. The van der Waals surface area contributed by atoms with Crippen LogP contribution >= 0.6 is 11.3 Å². The van der Waals surface area contributed by atoms with Gasteiger partial charge >= 0.3 is 6.36 Å². The Morgan fingerprint density at radius 1 is 1.13 bits per heavy atom. The predicted octanol–water partition coefficient (Wildman–Crippen LogP) is 4.66. The fourth-order valence-electron chi connectivity index (χ4n) is 3.90. The number of hydrogen-bond donors (Lipinski definition) is 0. The minimum Gasteiger partial charge on any atom is -0.406 e. The highest BCUT2D eigenvalue weighted by molar-refractivity contribution is 7.11. The second kappa shape index (κ2) is 7.79. The Morgan fingerprint density at radius 2 is 1.93 bits per heavy atom. The number of hydrogen-bond acceptors (Lipinski definition) is 5. The maximum atomic E-state index is 13.4. The number of benzene rings is 1. The van der Waals surface area contributed by atoms with E-state index < -0.39 is 23.9 Å². The van der Waals surface area contributed by atoms with Crippen LogP contribution in [0.25, 0.3) is 5.57 Å². The lowest BCUT2D eigenvalue weighted by molar-refractivity contribution is -0.274. The summed E-state index contributed by atoms with van der Waals surface area (Å²) >= 11 is 1.35. The molecule has 2 aliphatic heterocycles. The molecule has 0 bridgehead atoms. The van der Waals surface area contributed by atoms with Gasteiger partial charge in [0.1, 0.15) is 11.4 Å². The Balaban J connectivity index is 1.74. The van der Waals surface area contributed by atoms with Gasteiger partial charge in [-0.25, -0.2) is 4.90 Å². The van der Waals surface area contributed by atoms with Crippen molar-refractivity contribution in [3.05, 3.63) is 52.4 Å². The van der Waals surface area contributed by atoms with Gasteiger partial charge < -0.3 is 9.64 Å². The Kier molecular flexibility index (Phi) is 5.31. The molecule has 0 radical (unpaired) electrons. The molecule has 1 saturated heterocycles. The predicted molar refractivity (Wildman–Crippen MR) is 107 cm³/mol. The normalized spacial score (nSPS) is 20.3. The average molecular weight is 436 g/mol. The van der Waals surface area contributed by atoms with E-state index in [-0.39, 0.29) is 5.69 Å². The van der Waals surface area contributed by atoms with Crippen LogP contribution in [0, 0.1) is 5.92 Å². The topological polar surface area (TPSA) is 49.9 Å². The van der Waals surface area contributed by atoms with Crippen molar-refractivity contribution in [3.63, 3.8) is 0 Å². The Hall–Kier alpha value is -2.81. The molecule has 158 valence electrons. The van der Waals surface area contributed by atoms with Crippen LogP contribution in [-0.2, 0) is 9.59 Å². The summed E-state index contributed by atoms with van der Waals surface area (Å²) in [6, 6.07) is 8.49. The molecule has 5 nitrogen and oxygen atoms in total. The van der Waals surface area contributed by atoms with Gasteiger partial charge in [-0.1, -0.05) is 19.1 Å². The Morgan fingerprint density at radius 3 is 2.60 bits per heavy atom. The van der Waals surface area contributed by atoms with Gasteiger partial charge in [0.15, 0.2) is 0 Å². The first-order valence-electron chi connectivity index (χ1n) is 9.52. The Bertz CT molecular complexity index is 1000. The number of alkyl halides is 3. The second-order valence-electron chi connectivity index (χ2n) is 7.39. The third-order valence-corrected chi connectivity index (χ3v) is 6.00. The molecule has 0 N–H and O–H groups in total. The third kappa shape index (κ3) is 3.94. The molecule has 3 heterocycles. The van der Waals surface area contributed by atoms with E-state index in [1.807, 2.05) is 10.3 Å². The quantitative estimate of drug-likeness (QED) is 0.654. The molecule has 1 unspecified atom stereocenters. The maximum absolute atomic E-state index is 13.4. The number of amides is 2. The first kappa shape index (κ1) is 20.5. The molecule has 1 aromatic carbocycles. The zero-order valence-corrected chi connectivity index (χ0v) is 16.9. The van der Waals surface area contributed by atoms with Crippen LogP contribution in [0.5, 0.6) is 5.75 Å². The van der Waals surface area contributed by atoms with Crippen LogP contribution in [0.2, 0.25) is 0 Å². The first-order valence-corrected chi connectivity index (χ1v) is 10.4. The molecule has 0 saturated carbocycles. The van der Waals surface area contributed by atoms with Crippen molar-refractivity contribution in [2.45, 2.75) is 26.1 Å². The maximum Gasteiger partial charge on any atom is 0.573 e. The number of likely N-dealkylation sites (tertiary alicyclic amines) is 1. The summed E-state index contributed by atoms with van der Waals surface area (Å²) in [6.45, 7) is 3.39. The number of ether oxygens (including phenoxy) is 1. The summed E-state index contributed by atoms with van der Waals surface area (Å²) in [7, 11) is 0. The van der Waals surface area contributed by atoms with E-state index in [1.165, 1.54) is 23.5 Å². The van der Waals surface area contributed by atoms with E-state index in [9.17, 15) is 22.8 Å². The molecule has 1 aromatic heterocycles. The van der Waals surface area contributed by atoms with Crippen LogP contribution in [0.3, 0.4) is 0 Å². The molecule has 4 rings (SSSR count). The van der Waals surface area contributed by atoms with E-state index in [0.717, 1.165) is 29.9 Å². The number of anilines is 1. The standard InChI is InChI=1S/C21H19F3N2O3S/c1-13-5-3-9-25(12-13)18-17(16-8-4-10-30-16)19(27)26(20(18)28)14-6-2-7-15(11-14)29-21(22,23)24/h2,4,6-8,10-11,13H,3,5,9,12H2,1H3. The van der Waals surface area contributed by atoms with Crippen molar-refractivity contribution in [2.24, 2.45) is 5.92 Å². The average Bonchev–Trinajstić information content (AvgIpc) is 3.26. The summed E-state index contributed by atoms with van der Waals surface area (Å²) in [5.74, 6) is -1.18.